The molecule has 0 saturated carbocycles. The molecule has 3 aliphatic heterocycles. The fraction of sp³-hybridized carbons (Fsp3) is 0.292. The number of Topliss-reactive ketones (excluding diaryl/α,β-unsaturated/α-hetero) is 1. The molecule has 2 aromatic rings. The Hall–Kier alpha value is -3.41. The highest BCUT2D eigenvalue weighted by Crippen LogP contribution is 2.48. The fourth-order valence-electron chi connectivity index (χ4n) is 5.12. The van der Waals surface area contributed by atoms with Crippen LogP contribution in [0.3, 0.4) is 0 Å². The van der Waals surface area contributed by atoms with Gasteiger partial charge < -0.3 is 9.64 Å². The molecule has 4 atom stereocenters. The number of methoxy groups -OCH3 is 1. The third-order valence-corrected chi connectivity index (χ3v) is 6.47. The number of hydrogen-bond acceptors (Lipinski definition) is 5. The Balaban J connectivity index is 1.68. The van der Waals surface area contributed by atoms with Crippen molar-refractivity contribution < 1.29 is 19.1 Å². The summed E-state index contributed by atoms with van der Waals surface area (Å²) >= 11 is 0. The molecule has 5 rings (SSSR count). The molecule has 0 aliphatic carbocycles. The van der Waals surface area contributed by atoms with Crippen molar-refractivity contribution in [2.75, 3.05) is 12.0 Å². The Morgan fingerprint density at radius 2 is 1.80 bits per heavy atom. The number of carbonyl (C=O) groups excluding carboxylic acids is 3. The van der Waals surface area contributed by atoms with Crippen molar-refractivity contribution in [2.24, 2.45) is 11.8 Å². The number of hydrogen-bond donors (Lipinski definition) is 1. The minimum Gasteiger partial charge on any atom is -0.497 e. The summed E-state index contributed by atoms with van der Waals surface area (Å²) in [5.74, 6) is -1.60. The van der Waals surface area contributed by atoms with Gasteiger partial charge in [0.05, 0.1) is 25.0 Å². The van der Waals surface area contributed by atoms with Crippen molar-refractivity contribution in [3.63, 3.8) is 0 Å². The van der Waals surface area contributed by atoms with Crippen molar-refractivity contribution in [1.29, 1.82) is 0 Å². The second kappa shape index (κ2) is 6.55. The van der Waals surface area contributed by atoms with Gasteiger partial charge in [0.15, 0.2) is 5.78 Å². The monoisotopic (exact) mass is 402 g/mol. The average molecular weight is 402 g/mol. The first-order valence-electron chi connectivity index (χ1n) is 10.0. The molecule has 152 valence electrons. The highest BCUT2D eigenvalue weighted by Gasteiger charge is 2.61. The zero-order valence-corrected chi connectivity index (χ0v) is 17.0. The topological polar surface area (TPSA) is 75.7 Å². The summed E-state index contributed by atoms with van der Waals surface area (Å²) in [5, 5.41) is 2.45. The number of nitrogens with one attached hydrogen (secondary N) is 1. The van der Waals surface area contributed by atoms with E-state index in [9.17, 15) is 14.4 Å². The molecular formula is C24H22N2O4. The second-order valence-corrected chi connectivity index (χ2v) is 8.21. The van der Waals surface area contributed by atoms with E-state index in [-0.39, 0.29) is 23.6 Å². The van der Waals surface area contributed by atoms with E-state index in [1.54, 1.807) is 31.4 Å². The molecule has 2 saturated heterocycles. The second-order valence-electron chi connectivity index (χ2n) is 8.21. The number of allylic oxidation sites excluding steroid dienone is 1. The van der Waals surface area contributed by atoms with Crippen LogP contribution in [0.25, 0.3) is 5.57 Å². The van der Waals surface area contributed by atoms with Crippen molar-refractivity contribution in [3.8, 4) is 5.75 Å². The summed E-state index contributed by atoms with van der Waals surface area (Å²) in [6.07, 6.45) is 2.02. The molecule has 6 heteroatoms. The number of ether oxygens (including phenoxy) is 1. The summed E-state index contributed by atoms with van der Waals surface area (Å²) < 4.78 is 5.27. The Labute approximate surface area is 174 Å². The van der Waals surface area contributed by atoms with E-state index in [1.165, 1.54) is 0 Å². The van der Waals surface area contributed by atoms with E-state index in [0.29, 0.717) is 11.3 Å². The van der Waals surface area contributed by atoms with E-state index < -0.39 is 17.9 Å². The summed E-state index contributed by atoms with van der Waals surface area (Å²) in [7, 11) is 1.55. The molecule has 0 spiro atoms. The quantitative estimate of drug-likeness (QED) is 0.631. The molecule has 0 radical (unpaired) electrons. The number of fused-ring (bicyclic) bond motifs is 5. The highest BCUT2D eigenvalue weighted by molar-refractivity contribution is 6.14. The third kappa shape index (κ3) is 2.53. The third-order valence-electron chi connectivity index (χ3n) is 6.47. The summed E-state index contributed by atoms with van der Waals surface area (Å²) in [4.78, 5) is 41.1. The minimum atomic E-state index is -0.760. The van der Waals surface area contributed by atoms with Gasteiger partial charge in [0, 0.05) is 16.8 Å². The van der Waals surface area contributed by atoms with Crippen molar-refractivity contribution in [2.45, 2.75) is 25.9 Å². The van der Waals surface area contributed by atoms with Crippen LogP contribution in [0.15, 0.2) is 48.5 Å². The van der Waals surface area contributed by atoms with Crippen LogP contribution in [0.2, 0.25) is 0 Å². The predicted octanol–water partition coefficient (Wildman–Crippen LogP) is 2.75. The number of carbonyl (C=O) groups is 3. The van der Waals surface area contributed by atoms with Crippen molar-refractivity contribution in [3.05, 3.63) is 65.2 Å². The van der Waals surface area contributed by atoms with Gasteiger partial charge in [0.25, 0.3) is 0 Å². The lowest BCUT2D eigenvalue weighted by molar-refractivity contribution is -0.126. The molecule has 0 bridgehead atoms. The van der Waals surface area contributed by atoms with Gasteiger partial charge >= 0.3 is 0 Å². The minimum absolute atomic E-state index is 0.185. The van der Waals surface area contributed by atoms with Crippen LogP contribution >= 0.6 is 0 Å². The first-order chi connectivity index (χ1) is 14.4. The van der Waals surface area contributed by atoms with Gasteiger partial charge in [0.1, 0.15) is 11.8 Å². The molecule has 2 aromatic carbocycles. The summed E-state index contributed by atoms with van der Waals surface area (Å²) in [6, 6.07) is 11.9. The first-order valence-corrected chi connectivity index (χ1v) is 10.0. The molecule has 1 N–H and O–H groups in total. The van der Waals surface area contributed by atoms with Crippen LogP contribution in [0.1, 0.15) is 28.4 Å². The number of imide groups is 1. The standard InChI is InChI=1S/C24H22N2O4/c1-12-7-8-17-16(9-12)13(2)10-18-19-20(24(29)25-23(19)28)21(26(17)18)22(27)14-5-4-6-15(11-14)30-3/h4-11,18-21H,1-3H3,(H,25,28,29). The average Bonchev–Trinajstić information content (AvgIpc) is 3.23. The Morgan fingerprint density at radius 3 is 2.57 bits per heavy atom. The van der Waals surface area contributed by atoms with Crippen LogP contribution in [-0.4, -0.2) is 36.8 Å². The van der Waals surface area contributed by atoms with Gasteiger partial charge in [-0.1, -0.05) is 29.8 Å². The summed E-state index contributed by atoms with van der Waals surface area (Å²) in [6.45, 7) is 4.03. The van der Waals surface area contributed by atoms with E-state index in [4.69, 9.17) is 4.74 Å². The Morgan fingerprint density at radius 1 is 1.03 bits per heavy atom. The van der Waals surface area contributed by atoms with Crippen molar-refractivity contribution >= 4 is 28.9 Å². The number of rotatable bonds is 3. The maximum Gasteiger partial charge on any atom is 0.233 e. The van der Waals surface area contributed by atoms with E-state index in [2.05, 4.69) is 11.4 Å². The lowest BCUT2D eigenvalue weighted by atomic mass is 9.85. The van der Waals surface area contributed by atoms with Gasteiger partial charge in [-0.05, 0) is 43.7 Å². The number of anilines is 1. The highest BCUT2D eigenvalue weighted by atomic mass is 16.5. The van der Waals surface area contributed by atoms with E-state index in [1.807, 2.05) is 37.0 Å². The maximum atomic E-state index is 13.7. The number of nitrogens with zero attached hydrogens (tertiary/aromatic N) is 1. The number of ketones is 1. The van der Waals surface area contributed by atoms with E-state index >= 15 is 0 Å². The van der Waals surface area contributed by atoms with Gasteiger partial charge in [-0.2, -0.15) is 0 Å². The molecule has 6 nitrogen and oxygen atoms in total. The normalized spacial score (nSPS) is 26.5. The van der Waals surface area contributed by atoms with Gasteiger partial charge in [-0.3, -0.25) is 19.7 Å². The zero-order valence-electron chi connectivity index (χ0n) is 17.0. The molecule has 2 fully saturated rings. The largest absolute Gasteiger partial charge is 0.497 e. The molecule has 30 heavy (non-hydrogen) atoms. The van der Waals surface area contributed by atoms with Crippen LogP contribution in [0.4, 0.5) is 5.69 Å². The lowest BCUT2D eigenvalue weighted by Gasteiger charge is -2.37. The predicted molar refractivity (Wildman–Crippen MR) is 112 cm³/mol. The van der Waals surface area contributed by atoms with E-state index in [0.717, 1.165) is 22.4 Å². The van der Waals surface area contributed by atoms with Crippen LogP contribution in [0.5, 0.6) is 5.75 Å². The Kier molecular flexibility index (Phi) is 4.07. The maximum absolute atomic E-state index is 13.7. The zero-order chi connectivity index (χ0) is 21.2. The van der Waals surface area contributed by atoms with Gasteiger partial charge in [-0.25, -0.2) is 0 Å². The number of amides is 2. The molecule has 3 aliphatic rings. The number of benzene rings is 2. The smallest absolute Gasteiger partial charge is 0.233 e. The lowest BCUT2D eigenvalue weighted by Crippen LogP contribution is -2.48. The van der Waals surface area contributed by atoms with Crippen LogP contribution in [-0.2, 0) is 9.59 Å². The molecule has 4 unspecified atom stereocenters. The van der Waals surface area contributed by atoms with Crippen molar-refractivity contribution in [1.82, 2.24) is 5.32 Å². The Bertz CT molecular complexity index is 1140. The molecule has 2 amide bonds. The van der Waals surface area contributed by atoms with Crippen LogP contribution in [0, 0.1) is 18.8 Å². The SMILES string of the molecule is COc1cccc(C(=O)C2C3C(=O)NC(=O)C3C3C=C(C)c4cc(C)ccc4N32)c1. The first kappa shape index (κ1) is 18.6. The molecule has 0 aromatic heterocycles. The van der Waals surface area contributed by atoms with Crippen LogP contribution < -0.4 is 15.0 Å². The summed E-state index contributed by atoms with van der Waals surface area (Å²) in [5.41, 5.74) is 4.55. The van der Waals surface area contributed by atoms with Gasteiger partial charge in [0.2, 0.25) is 11.8 Å². The molecule has 3 heterocycles. The number of aryl methyl sites for hydroxylation is 1. The fourth-order valence-corrected chi connectivity index (χ4v) is 5.12. The van der Waals surface area contributed by atoms with Gasteiger partial charge in [-0.15, -0.1) is 0 Å². The molecular weight excluding hydrogens is 380 g/mol.